The molecule has 13 heteroatoms. The third kappa shape index (κ3) is 11.9. The van der Waals surface area contributed by atoms with Crippen molar-refractivity contribution in [3.63, 3.8) is 0 Å². The summed E-state index contributed by atoms with van der Waals surface area (Å²) in [5, 5.41) is 8.65. The molecule has 6 amide bonds. The SMILES string of the molecule is NC(=O)N[C@@H]1CCS[C@@H]1CCCCC(=O)NCCOCCOCCNC(=O)CCN1C(=O)C=CC1=O. The highest BCUT2D eigenvalue weighted by Crippen LogP contribution is 2.30. The van der Waals surface area contributed by atoms with Gasteiger partial charge in [-0.15, -0.1) is 0 Å². The molecule has 0 spiro atoms. The van der Waals surface area contributed by atoms with Gasteiger partial charge in [0.1, 0.15) is 0 Å². The highest BCUT2D eigenvalue weighted by molar-refractivity contribution is 8.00. The lowest BCUT2D eigenvalue weighted by molar-refractivity contribution is -0.137. The van der Waals surface area contributed by atoms with E-state index in [1.807, 2.05) is 11.8 Å². The molecule has 0 aromatic rings. The fourth-order valence-corrected chi connectivity index (χ4v) is 5.26. The first-order chi connectivity index (χ1) is 17.4. The standard InChI is InChI=1S/C23H37N5O7S/c24-23(33)27-17-8-16-36-18(17)3-1-2-4-19(29)25-9-12-34-14-15-35-13-10-26-20(30)7-11-28-21(31)5-6-22(28)32/h5-6,17-18H,1-4,7-16H2,(H,25,29)(H,26,30)(H3,24,27,33)/t17-,18-/m1/s1. The summed E-state index contributed by atoms with van der Waals surface area (Å²) in [6, 6.07) is -0.350. The quantitative estimate of drug-likeness (QED) is 0.139. The van der Waals surface area contributed by atoms with E-state index in [0.29, 0.717) is 51.2 Å². The summed E-state index contributed by atoms with van der Waals surface area (Å²) in [6.07, 6.45) is 6.48. The number of hydrogen-bond acceptors (Lipinski definition) is 8. The molecule has 2 aliphatic heterocycles. The number of carbonyl (C=O) groups is 5. The summed E-state index contributed by atoms with van der Waals surface area (Å²) in [4.78, 5) is 58.5. The average molecular weight is 528 g/mol. The van der Waals surface area contributed by atoms with Crippen LogP contribution in [0.25, 0.3) is 0 Å². The third-order valence-electron chi connectivity index (χ3n) is 5.65. The molecule has 12 nitrogen and oxygen atoms in total. The molecule has 2 heterocycles. The van der Waals surface area contributed by atoms with Crippen LogP contribution < -0.4 is 21.7 Å². The van der Waals surface area contributed by atoms with E-state index in [2.05, 4.69) is 16.0 Å². The van der Waals surface area contributed by atoms with E-state index in [9.17, 15) is 24.0 Å². The van der Waals surface area contributed by atoms with Crippen molar-refractivity contribution in [3.05, 3.63) is 12.2 Å². The van der Waals surface area contributed by atoms with Crippen LogP contribution in [0.2, 0.25) is 0 Å². The number of imide groups is 1. The van der Waals surface area contributed by atoms with Gasteiger partial charge in [-0.1, -0.05) is 6.42 Å². The number of carbonyl (C=O) groups excluding carboxylic acids is 5. The summed E-state index contributed by atoms with van der Waals surface area (Å²) >= 11 is 1.85. The topological polar surface area (TPSA) is 169 Å². The van der Waals surface area contributed by atoms with Gasteiger partial charge in [-0.25, -0.2) is 4.79 Å². The molecule has 1 fully saturated rings. The van der Waals surface area contributed by atoms with Crippen molar-refractivity contribution in [3.8, 4) is 0 Å². The predicted octanol–water partition coefficient (Wildman–Crippen LogP) is -0.330. The summed E-state index contributed by atoms with van der Waals surface area (Å²) in [5.41, 5.74) is 5.21. The highest BCUT2D eigenvalue weighted by Gasteiger charge is 2.28. The van der Waals surface area contributed by atoms with Crippen LogP contribution in [0, 0.1) is 0 Å². The van der Waals surface area contributed by atoms with Crippen molar-refractivity contribution >= 4 is 41.4 Å². The maximum Gasteiger partial charge on any atom is 0.312 e. The number of ether oxygens (including phenoxy) is 2. The van der Waals surface area contributed by atoms with Gasteiger partial charge in [0, 0.05) is 55.9 Å². The van der Waals surface area contributed by atoms with Crippen molar-refractivity contribution in [1.82, 2.24) is 20.9 Å². The fraction of sp³-hybridized carbons (Fsp3) is 0.696. The molecule has 36 heavy (non-hydrogen) atoms. The second-order valence-corrected chi connectivity index (χ2v) is 9.74. The molecule has 0 aliphatic carbocycles. The van der Waals surface area contributed by atoms with Crippen LogP contribution in [0.4, 0.5) is 4.79 Å². The van der Waals surface area contributed by atoms with Crippen molar-refractivity contribution in [2.45, 2.75) is 49.8 Å². The Kier molecular flexibility index (Phi) is 13.9. The number of primary amides is 1. The van der Waals surface area contributed by atoms with Crippen molar-refractivity contribution < 1.29 is 33.4 Å². The van der Waals surface area contributed by atoms with Gasteiger partial charge in [0.2, 0.25) is 11.8 Å². The van der Waals surface area contributed by atoms with Crippen LogP contribution in [0.15, 0.2) is 12.2 Å². The number of unbranched alkanes of at least 4 members (excludes halogenated alkanes) is 1. The average Bonchev–Trinajstić information content (AvgIpc) is 3.41. The molecule has 0 saturated carbocycles. The number of nitrogens with two attached hydrogens (primary N) is 1. The number of amides is 6. The molecular weight excluding hydrogens is 490 g/mol. The second-order valence-electron chi connectivity index (χ2n) is 8.39. The molecule has 0 bridgehead atoms. The monoisotopic (exact) mass is 527 g/mol. The smallest absolute Gasteiger partial charge is 0.312 e. The number of urea groups is 1. The van der Waals surface area contributed by atoms with Crippen molar-refractivity contribution in [2.24, 2.45) is 5.73 Å². The Morgan fingerprint density at radius 2 is 1.56 bits per heavy atom. The first-order valence-corrected chi connectivity index (χ1v) is 13.3. The lowest BCUT2D eigenvalue weighted by Gasteiger charge is -2.18. The summed E-state index contributed by atoms with van der Waals surface area (Å²) in [7, 11) is 0. The molecular formula is C23H37N5O7S. The molecule has 2 aliphatic rings. The normalized spacial score (nSPS) is 19.1. The Hall–Kier alpha value is -2.64. The molecule has 2 atom stereocenters. The fourth-order valence-electron chi connectivity index (χ4n) is 3.80. The van der Waals surface area contributed by atoms with Gasteiger partial charge in [0.15, 0.2) is 0 Å². The second kappa shape index (κ2) is 16.9. The zero-order valence-corrected chi connectivity index (χ0v) is 21.3. The van der Waals surface area contributed by atoms with Gasteiger partial charge < -0.3 is 31.2 Å². The van der Waals surface area contributed by atoms with E-state index < -0.39 is 17.8 Å². The van der Waals surface area contributed by atoms with Crippen LogP contribution >= 0.6 is 11.8 Å². The van der Waals surface area contributed by atoms with Gasteiger partial charge in [0.25, 0.3) is 11.8 Å². The third-order valence-corrected chi connectivity index (χ3v) is 7.12. The van der Waals surface area contributed by atoms with Crippen LogP contribution in [-0.2, 0) is 28.7 Å². The maximum absolute atomic E-state index is 11.9. The largest absolute Gasteiger partial charge is 0.377 e. The molecule has 202 valence electrons. The summed E-state index contributed by atoms with van der Waals surface area (Å²) < 4.78 is 10.8. The molecule has 0 aromatic heterocycles. The van der Waals surface area contributed by atoms with E-state index >= 15 is 0 Å². The van der Waals surface area contributed by atoms with Crippen LogP contribution in [-0.4, -0.2) is 97.7 Å². The zero-order chi connectivity index (χ0) is 26.2. The predicted molar refractivity (Wildman–Crippen MR) is 134 cm³/mol. The van der Waals surface area contributed by atoms with E-state index in [0.717, 1.165) is 36.3 Å². The maximum atomic E-state index is 11.9. The van der Waals surface area contributed by atoms with E-state index in [1.165, 1.54) is 12.2 Å². The van der Waals surface area contributed by atoms with Crippen LogP contribution in [0.5, 0.6) is 0 Å². The van der Waals surface area contributed by atoms with Crippen molar-refractivity contribution in [1.29, 1.82) is 0 Å². The molecule has 1 saturated heterocycles. The molecule has 2 rings (SSSR count). The lowest BCUT2D eigenvalue weighted by atomic mass is 10.0. The van der Waals surface area contributed by atoms with Gasteiger partial charge >= 0.3 is 6.03 Å². The number of nitrogens with one attached hydrogen (secondary N) is 3. The van der Waals surface area contributed by atoms with Crippen molar-refractivity contribution in [2.75, 3.05) is 51.8 Å². The molecule has 0 unspecified atom stereocenters. The number of thioether (sulfide) groups is 1. The van der Waals surface area contributed by atoms with E-state index in [-0.39, 0.29) is 30.8 Å². The lowest BCUT2D eigenvalue weighted by Crippen LogP contribution is -2.42. The van der Waals surface area contributed by atoms with E-state index in [4.69, 9.17) is 15.2 Å². The molecule has 5 N–H and O–H groups in total. The number of nitrogens with zero attached hydrogens (tertiary/aromatic N) is 1. The molecule has 0 aromatic carbocycles. The molecule has 0 radical (unpaired) electrons. The highest BCUT2D eigenvalue weighted by atomic mass is 32.2. The Morgan fingerprint density at radius 3 is 2.17 bits per heavy atom. The Balaban J connectivity index is 1.34. The zero-order valence-electron chi connectivity index (χ0n) is 20.5. The van der Waals surface area contributed by atoms with Gasteiger partial charge in [-0.3, -0.25) is 24.1 Å². The van der Waals surface area contributed by atoms with Crippen LogP contribution in [0.3, 0.4) is 0 Å². The Bertz CT molecular complexity index is 777. The van der Waals surface area contributed by atoms with Gasteiger partial charge in [0.05, 0.1) is 26.4 Å². The summed E-state index contributed by atoms with van der Waals surface area (Å²) in [5.74, 6) is -0.0610. The summed E-state index contributed by atoms with van der Waals surface area (Å²) in [6.45, 7) is 2.22. The number of hydrogen-bond donors (Lipinski definition) is 4. The van der Waals surface area contributed by atoms with Gasteiger partial charge in [-0.2, -0.15) is 11.8 Å². The van der Waals surface area contributed by atoms with Crippen LogP contribution in [0.1, 0.15) is 38.5 Å². The van der Waals surface area contributed by atoms with Gasteiger partial charge in [-0.05, 0) is 25.0 Å². The van der Waals surface area contributed by atoms with E-state index in [1.54, 1.807) is 0 Å². The minimum Gasteiger partial charge on any atom is -0.377 e. The Labute approximate surface area is 215 Å². The first kappa shape index (κ1) is 29.6. The minimum atomic E-state index is -0.480. The number of rotatable bonds is 18. The Morgan fingerprint density at radius 1 is 0.944 bits per heavy atom. The minimum absolute atomic E-state index is 0.00814. The first-order valence-electron chi connectivity index (χ1n) is 12.3.